The van der Waals surface area contributed by atoms with E-state index < -0.39 is 11.6 Å². The van der Waals surface area contributed by atoms with Crippen molar-refractivity contribution in [3.63, 3.8) is 0 Å². The lowest BCUT2D eigenvalue weighted by Gasteiger charge is -2.35. The molecule has 2 saturated heterocycles. The zero-order chi connectivity index (χ0) is 19.0. The highest BCUT2D eigenvalue weighted by Gasteiger charge is 2.52. The third kappa shape index (κ3) is 3.20. The number of piperazine rings is 1. The topological polar surface area (TPSA) is 90.0 Å². The summed E-state index contributed by atoms with van der Waals surface area (Å²) in [6, 6.07) is 3.16. The Morgan fingerprint density at radius 3 is 2.37 bits per heavy atom. The molecule has 144 valence electrons. The van der Waals surface area contributed by atoms with Gasteiger partial charge >= 0.3 is 6.03 Å². The molecule has 1 aliphatic carbocycles. The number of hydrogen-bond acceptors (Lipinski definition) is 5. The van der Waals surface area contributed by atoms with Gasteiger partial charge in [0.2, 0.25) is 5.91 Å². The summed E-state index contributed by atoms with van der Waals surface area (Å²) in [5.41, 5.74) is -0.789. The van der Waals surface area contributed by atoms with Crippen LogP contribution in [0, 0.1) is 0 Å². The van der Waals surface area contributed by atoms with Crippen molar-refractivity contribution in [1.82, 2.24) is 20.0 Å². The Hall–Kier alpha value is -2.42. The van der Waals surface area contributed by atoms with E-state index in [1.165, 1.54) is 11.3 Å². The number of nitrogens with one attached hydrogen (secondary N) is 1. The van der Waals surface area contributed by atoms with Crippen molar-refractivity contribution in [3.05, 3.63) is 22.4 Å². The minimum atomic E-state index is -0.789. The summed E-state index contributed by atoms with van der Waals surface area (Å²) in [6.45, 7) is 1.49. The average molecular weight is 390 g/mol. The number of nitrogens with zero attached hydrogens (tertiary/aromatic N) is 3. The van der Waals surface area contributed by atoms with Crippen LogP contribution >= 0.6 is 11.3 Å². The largest absolute Gasteiger partial charge is 0.338 e. The quantitative estimate of drug-likeness (QED) is 0.777. The molecule has 3 aliphatic rings. The Labute approximate surface area is 161 Å². The first-order valence-corrected chi connectivity index (χ1v) is 10.1. The van der Waals surface area contributed by atoms with Gasteiger partial charge < -0.3 is 15.1 Å². The lowest BCUT2D eigenvalue weighted by atomic mass is 9.98. The Kier molecular flexibility index (Phi) is 4.63. The molecular weight excluding hydrogens is 368 g/mol. The number of urea groups is 1. The van der Waals surface area contributed by atoms with Gasteiger partial charge in [-0.15, -0.1) is 11.3 Å². The molecule has 9 heteroatoms. The van der Waals surface area contributed by atoms with E-state index in [1.54, 1.807) is 15.9 Å². The van der Waals surface area contributed by atoms with Crippen LogP contribution in [-0.4, -0.2) is 76.7 Å². The summed E-state index contributed by atoms with van der Waals surface area (Å²) in [5.74, 6) is -0.545. The van der Waals surface area contributed by atoms with Gasteiger partial charge in [-0.2, -0.15) is 0 Å². The molecule has 0 bridgehead atoms. The maximum absolute atomic E-state index is 12.7. The van der Waals surface area contributed by atoms with E-state index in [9.17, 15) is 19.2 Å². The molecule has 0 unspecified atom stereocenters. The van der Waals surface area contributed by atoms with Crippen molar-refractivity contribution >= 4 is 35.1 Å². The molecule has 2 aliphatic heterocycles. The lowest BCUT2D eigenvalue weighted by molar-refractivity contribution is -0.139. The van der Waals surface area contributed by atoms with Gasteiger partial charge in [-0.25, -0.2) is 4.79 Å². The van der Waals surface area contributed by atoms with Gasteiger partial charge in [-0.05, 0) is 24.3 Å². The number of rotatable bonds is 3. The molecule has 4 rings (SSSR count). The first-order chi connectivity index (χ1) is 13.0. The second-order valence-corrected chi connectivity index (χ2v) is 8.21. The van der Waals surface area contributed by atoms with E-state index in [0.717, 1.165) is 17.7 Å². The Morgan fingerprint density at radius 2 is 1.74 bits per heavy atom. The summed E-state index contributed by atoms with van der Waals surface area (Å²) >= 11 is 1.40. The Balaban J connectivity index is 1.33. The molecule has 1 N–H and O–H groups in total. The number of hydrogen-bond donors (Lipinski definition) is 1. The Bertz CT molecular complexity index is 764. The summed E-state index contributed by atoms with van der Waals surface area (Å²) in [4.78, 5) is 54.9. The molecular formula is C18H22N4O4S. The van der Waals surface area contributed by atoms with E-state index in [4.69, 9.17) is 0 Å². The van der Waals surface area contributed by atoms with Crippen LogP contribution in [0.1, 0.15) is 35.4 Å². The van der Waals surface area contributed by atoms with E-state index in [0.29, 0.717) is 43.9 Å². The van der Waals surface area contributed by atoms with Crippen LogP contribution < -0.4 is 5.32 Å². The fourth-order valence-corrected chi connectivity index (χ4v) is 4.78. The molecule has 1 spiro atoms. The van der Waals surface area contributed by atoms with Crippen molar-refractivity contribution in [2.24, 2.45) is 0 Å². The molecule has 1 saturated carbocycles. The maximum Gasteiger partial charge on any atom is 0.325 e. The van der Waals surface area contributed by atoms with E-state index in [2.05, 4.69) is 5.32 Å². The van der Waals surface area contributed by atoms with Crippen molar-refractivity contribution in [2.45, 2.75) is 31.2 Å². The molecule has 3 fully saturated rings. The van der Waals surface area contributed by atoms with Crippen LogP contribution in [0.15, 0.2) is 17.5 Å². The van der Waals surface area contributed by atoms with Gasteiger partial charge in [0, 0.05) is 26.2 Å². The average Bonchev–Trinajstić information content (AvgIpc) is 3.41. The third-order valence-electron chi connectivity index (χ3n) is 5.65. The third-order valence-corrected chi connectivity index (χ3v) is 6.51. The lowest BCUT2D eigenvalue weighted by Crippen LogP contribution is -2.53. The summed E-state index contributed by atoms with van der Waals surface area (Å²) in [6.07, 6.45) is 3.11. The molecule has 0 radical (unpaired) electrons. The molecule has 3 heterocycles. The highest BCUT2D eigenvalue weighted by atomic mass is 32.1. The van der Waals surface area contributed by atoms with Crippen molar-refractivity contribution in [3.8, 4) is 0 Å². The van der Waals surface area contributed by atoms with Crippen LogP contribution in [0.3, 0.4) is 0 Å². The SMILES string of the molecule is O=C(CN1C(=O)NC2(CCCC2)C1=O)N1CCN(C(=O)c2cccs2)CC1. The monoisotopic (exact) mass is 390 g/mol. The minimum absolute atomic E-state index is 0.0191. The minimum Gasteiger partial charge on any atom is -0.338 e. The number of carbonyl (C=O) groups is 4. The standard InChI is InChI=1S/C18H22N4O4S/c23-14(12-22-16(25)18(19-17(22)26)5-1-2-6-18)20-7-9-21(10-8-20)15(24)13-4-3-11-27-13/h3-4,11H,1-2,5-10,12H2,(H,19,26). The number of thiophene rings is 1. The van der Waals surface area contributed by atoms with Gasteiger partial charge in [-0.3, -0.25) is 19.3 Å². The van der Waals surface area contributed by atoms with Gasteiger partial charge in [0.1, 0.15) is 12.1 Å². The highest BCUT2D eigenvalue weighted by Crippen LogP contribution is 2.35. The molecule has 27 heavy (non-hydrogen) atoms. The highest BCUT2D eigenvalue weighted by molar-refractivity contribution is 7.12. The van der Waals surface area contributed by atoms with Crippen molar-refractivity contribution in [1.29, 1.82) is 0 Å². The summed E-state index contributed by atoms with van der Waals surface area (Å²) < 4.78 is 0. The van der Waals surface area contributed by atoms with Gasteiger partial charge in [0.05, 0.1) is 4.88 Å². The number of amides is 5. The summed E-state index contributed by atoms with van der Waals surface area (Å²) in [5, 5.41) is 4.65. The van der Waals surface area contributed by atoms with E-state index >= 15 is 0 Å². The second kappa shape index (κ2) is 6.95. The number of imide groups is 1. The molecule has 8 nitrogen and oxygen atoms in total. The fourth-order valence-electron chi connectivity index (χ4n) is 4.09. The maximum atomic E-state index is 12.7. The van der Waals surface area contributed by atoms with Gasteiger partial charge in [-0.1, -0.05) is 18.9 Å². The van der Waals surface area contributed by atoms with Crippen LogP contribution in [0.4, 0.5) is 4.79 Å². The molecule has 1 aromatic rings. The Morgan fingerprint density at radius 1 is 1.07 bits per heavy atom. The predicted octanol–water partition coefficient (Wildman–Crippen LogP) is 0.897. The van der Waals surface area contributed by atoms with Crippen LogP contribution in [0.25, 0.3) is 0 Å². The molecule has 5 amide bonds. The van der Waals surface area contributed by atoms with Crippen molar-refractivity contribution < 1.29 is 19.2 Å². The zero-order valence-electron chi connectivity index (χ0n) is 15.0. The van der Waals surface area contributed by atoms with E-state index in [1.807, 2.05) is 11.4 Å². The zero-order valence-corrected chi connectivity index (χ0v) is 15.8. The van der Waals surface area contributed by atoms with Crippen LogP contribution in [0.5, 0.6) is 0 Å². The van der Waals surface area contributed by atoms with Gasteiger partial charge in [0.15, 0.2) is 0 Å². The molecule has 1 aromatic heterocycles. The number of carbonyl (C=O) groups excluding carboxylic acids is 4. The molecule has 0 aromatic carbocycles. The van der Waals surface area contributed by atoms with Crippen molar-refractivity contribution in [2.75, 3.05) is 32.7 Å². The first-order valence-electron chi connectivity index (χ1n) is 9.25. The second-order valence-electron chi connectivity index (χ2n) is 7.26. The molecule has 0 atom stereocenters. The smallest absolute Gasteiger partial charge is 0.325 e. The first kappa shape index (κ1) is 18.0. The van der Waals surface area contributed by atoms with Gasteiger partial charge in [0.25, 0.3) is 11.8 Å². The van der Waals surface area contributed by atoms with Crippen LogP contribution in [0.2, 0.25) is 0 Å². The fraction of sp³-hybridized carbons (Fsp3) is 0.556. The van der Waals surface area contributed by atoms with Crippen LogP contribution in [-0.2, 0) is 9.59 Å². The predicted molar refractivity (Wildman–Crippen MR) is 98.2 cm³/mol. The normalized spacial score (nSPS) is 21.9. The summed E-state index contributed by atoms with van der Waals surface area (Å²) in [7, 11) is 0. The van der Waals surface area contributed by atoms with E-state index in [-0.39, 0.29) is 24.3 Å².